The van der Waals surface area contributed by atoms with Crippen molar-refractivity contribution in [2.75, 3.05) is 6.54 Å². The first-order chi connectivity index (χ1) is 11.2. The van der Waals surface area contributed by atoms with Crippen LogP contribution in [0.1, 0.15) is 56.4 Å². The number of hydrogen-bond donors (Lipinski definition) is 1. The molecule has 3 saturated carbocycles. The van der Waals surface area contributed by atoms with Gasteiger partial charge in [-0.1, -0.05) is 36.8 Å². The number of rotatable bonds is 4. The van der Waals surface area contributed by atoms with E-state index in [2.05, 4.69) is 40.5 Å². The number of nitrogens with one attached hydrogen (secondary N) is 1. The molecule has 3 atom stereocenters. The van der Waals surface area contributed by atoms with Gasteiger partial charge in [-0.05, 0) is 43.1 Å². The van der Waals surface area contributed by atoms with Crippen LogP contribution in [0.4, 0.5) is 0 Å². The Bertz CT molecular complexity index is 601. The third-order valence-electron chi connectivity index (χ3n) is 6.79. The summed E-state index contributed by atoms with van der Waals surface area (Å²) in [7, 11) is 0. The van der Waals surface area contributed by atoms with Crippen molar-refractivity contribution in [3.8, 4) is 0 Å². The molecule has 1 saturated heterocycles. The maximum absolute atomic E-state index is 12.4. The highest BCUT2D eigenvalue weighted by Gasteiger charge is 2.51. The third-order valence-corrected chi connectivity index (χ3v) is 6.79. The van der Waals surface area contributed by atoms with Crippen LogP contribution in [-0.2, 0) is 4.79 Å². The molecule has 3 unspecified atom stereocenters. The SMILES string of the molecule is O=C1CC(NC2CC3(CCC3)C2)CN1C1CC1c1ccccc1. The normalized spacial score (nSPS) is 35.2. The van der Waals surface area contributed by atoms with E-state index in [0.717, 1.165) is 18.4 Å². The molecular weight excluding hydrogens is 284 g/mol. The molecule has 1 amide bonds. The van der Waals surface area contributed by atoms with E-state index in [4.69, 9.17) is 0 Å². The van der Waals surface area contributed by atoms with E-state index in [1.165, 1.54) is 37.7 Å². The average Bonchev–Trinajstić information content (AvgIpc) is 3.19. The largest absolute Gasteiger partial charge is 0.337 e. The van der Waals surface area contributed by atoms with Crippen LogP contribution in [0.15, 0.2) is 30.3 Å². The van der Waals surface area contributed by atoms with Gasteiger partial charge in [-0.15, -0.1) is 0 Å². The van der Waals surface area contributed by atoms with Crippen LogP contribution >= 0.6 is 0 Å². The minimum Gasteiger partial charge on any atom is -0.337 e. The van der Waals surface area contributed by atoms with Gasteiger partial charge >= 0.3 is 0 Å². The summed E-state index contributed by atoms with van der Waals surface area (Å²) in [6.45, 7) is 0.927. The third kappa shape index (κ3) is 2.40. The fourth-order valence-electron chi connectivity index (χ4n) is 5.27. The van der Waals surface area contributed by atoms with Crippen LogP contribution < -0.4 is 5.32 Å². The summed E-state index contributed by atoms with van der Waals surface area (Å²) in [5.41, 5.74) is 2.11. The predicted octanol–water partition coefficient (Wildman–Crippen LogP) is 3.07. The second-order valence-electron chi connectivity index (χ2n) is 8.39. The van der Waals surface area contributed by atoms with Crippen molar-refractivity contribution in [2.45, 2.75) is 69.0 Å². The van der Waals surface area contributed by atoms with Crippen molar-refractivity contribution >= 4 is 5.91 Å². The molecule has 1 aromatic rings. The van der Waals surface area contributed by atoms with Gasteiger partial charge in [-0.2, -0.15) is 0 Å². The van der Waals surface area contributed by atoms with Gasteiger partial charge in [0.15, 0.2) is 0 Å². The van der Waals surface area contributed by atoms with Crippen LogP contribution in [0.5, 0.6) is 0 Å². The molecule has 0 aromatic heterocycles. The quantitative estimate of drug-likeness (QED) is 0.927. The molecule has 122 valence electrons. The van der Waals surface area contributed by atoms with E-state index in [1.54, 1.807) is 0 Å². The number of likely N-dealkylation sites (tertiary alicyclic amines) is 1. The van der Waals surface area contributed by atoms with Gasteiger partial charge < -0.3 is 10.2 Å². The number of nitrogens with zero attached hydrogens (tertiary/aromatic N) is 1. The number of carbonyl (C=O) groups excluding carboxylic acids is 1. The van der Waals surface area contributed by atoms with Gasteiger partial charge in [0.25, 0.3) is 0 Å². The summed E-state index contributed by atoms with van der Waals surface area (Å²) in [5.74, 6) is 0.935. The van der Waals surface area contributed by atoms with Crippen molar-refractivity contribution in [1.82, 2.24) is 10.2 Å². The molecule has 23 heavy (non-hydrogen) atoms. The molecule has 5 rings (SSSR count). The van der Waals surface area contributed by atoms with Gasteiger partial charge in [0, 0.05) is 37.0 Å². The Hall–Kier alpha value is -1.35. The highest BCUT2D eigenvalue weighted by atomic mass is 16.2. The first kappa shape index (κ1) is 14.0. The Labute approximate surface area is 138 Å². The van der Waals surface area contributed by atoms with Gasteiger partial charge in [0.2, 0.25) is 5.91 Å². The Balaban J connectivity index is 1.16. The highest BCUT2D eigenvalue weighted by molar-refractivity contribution is 5.80. The molecule has 1 N–H and O–H groups in total. The number of amides is 1. The van der Waals surface area contributed by atoms with Crippen molar-refractivity contribution < 1.29 is 4.79 Å². The fraction of sp³-hybridized carbons (Fsp3) is 0.650. The molecular formula is C20H26N2O. The molecule has 1 heterocycles. The first-order valence-electron chi connectivity index (χ1n) is 9.33. The lowest BCUT2D eigenvalue weighted by Crippen LogP contribution is -2.55. The molecule has 1 aromatic carbocycles. The predicted molar refractivity (Wildman–Crippen MR) is 90.1 cm³/mol. The van der Waals surface area contributed by atoms with Crippen LogP contribution in [0.25, 0.3) is 0 Å². The van der Waals surface area contributed by atoms with Gasteiger partial charge in [0.1, 0.15) is 0 Å². The smallest absolute Gasteiger partial charge is 0.224 e. The minimum absolute atomic E-state index is 0.364. The Morgan fingerprint density at radius 2 is 1.87 bits per heavy atom. The Morgan fingerprint density at radius 3 is 2.57 bits per heavy atom. The van der Waals surface area contributed by atoms with Crippen molar-refractivity contribution in [2.24, 2.45) is 5.41 Å². The molecule has 1 spiro atoms. The summed E-state index contributed by atoms with van der Waals surface area (Å²) in [4.78, 5) is 14.6. The van der Waals surface area contributed by atoms with E-state index >= 15 is 0 Å². The number of hydrogen-bond acceptors (Lipinski definition) is 2. The maximum Gasteiger partial charge on any atom is 0.224 e. The van der Waals surface area contributed by atoms with Gasteiger partial charge in [-0.25, -0.2) is 0 Å². The van der Waals surface area contributed by atoms with E-state index in [0.29, 0.717) is 36.4 Å². The second-order valence-corrected chi connectivity index (χ2v) is 8.39. The number of carbonyl (C=O) groups is 1. The molecule has 3 aliphatic carbocycles. The molecule has 0 radical (unpaired) electrons. The molecule has 0 bridgehead atoms. The molecule has 3 heteroatoms. The topological polar surface area (TPSA) is 32.3 Å². The van der Waals surface area contributed by atoms with Gasteiger partial charge in [0.05, 0.1) is 0 Å². The zero-order valence-electron chi connectivity index (χ0n) is 13.7. The van der Waals surface area contributed by atoms with E-state index in [-0.39, 0.29) is 0 Å². The summed E-state index contributed by atoms with van der Waals surface area (Å²) >= 11 is 0. The average molecular weight is 310 g/mol. The zero-order valence-corrected chi connectivity index (χ0v) is 13.7. The van der Waals surface area contributed by atoms with Crippen LogP contribution in [0.2, 0.25) is 0 Å². The van der Waals surface area contributed by atoms with Crippen LogP contribution in [0, 0.1) is 5.41 Å². The van der Waals surface area contributed by atoms with Crippen molar-refractivity contribution in [3.63, 3.8) is 0 Å². The first-order valence-corrected chi connectivity index (χ1v) is 9.33. The fourth-order valence-corrected chi connectivity index (χ4v) is 5.27. The van der Waals surface area contributed by atoms with Crippen LogP contribution in [-0.4, -0.2) is 35.5 Å². The summed E-state index contributed by atoms with van der Waals surface area (Å²) < 4.78 is 0. The highest BCUT2D eigenvalue weighted by Crippen LogP contribution is 2.56. The van der Waals surface area contributed by atoms with Crippen molar-refractivity contribution in [3.05, 3.63) is 35.9 Å². The number of benzene rings is 1. The van der Waals surface area contributed by atoms with E-state index < -0.39 is 0 Å². The molecule has 4 aliphatic rings. The lowest BCUT2D eigenvalue weighted by molar-refractivity contribution is -0.128. The minimum atomic E-state index is 0.364. The standard InChI is InChI=1S/C20H26N2O/c23-19-9-15(21-16-11-20(12-16)7-4-8-20)13-22(19)18-10-17(18)14-5-2-1-3-6-14/h1-3,5-6,15-18,21H,4,7-13H2. The van der Waals surface area contributed by atoms with E-state index in [9.17, 15) is 4.79 Å². The zero-order chi connectivity index (χ0) is 15.4. The Kier molecular flexibility index (Phi) is 3.09. The lowest BCUT2D eigenvalue weighted by Gasteiger charge is -2.55. The molecule has 1 aliphatic heterocycles. The maximum atomic E-state index is 12.4. The molecule has 4 fully saturated rings. The van der Waals surface area contributed by atoms with Crippen molar-refractivity contribution in [1.29, 1.82) is 0 Å². The van der Waals surface area contributed by atoms with Gasteiger partial charge in [-0.3, -0.25) is 4.79 Å². The summed E-state index contributed by atoms with van der Waals surface area (Å²) in [6.07, 6.45) is 8.90. The lowest BCUT2D eigenvalue weighted by atomic mass is 9.54. The second kappa shape index (κ2) is 5.07. The van der Waals surface area contributed by atoms with Crippen LogP contribution in [0.3, 0.4) is 0 Å². The van der Waals surface area contributed by atoms with E-state index in [1.807, 2.05) is 0 Å². The monoisotopic (exact) mass is 310 g/mol. The summed E-state index contributed by atoms with van der Waals surface area (Å²) in [6, 6.07) is 12.2. The Morgan fingerprint density at radius 1 is 1.09 bits per heavy atom. The summed E-state index contributed by atoms with van der Waals surface area (Å²) in [5, 5.41) is 3.77. The molecule has 3 nitrogen and oxygen atoms in total.